The van der Waals surface area contributed by atoms with Crippen molar-refractivity contribution in [2.45, 2.75) is 0 Å². The van der Waals surface area contributed by atoms with Crippen LogP contribution in [0.15, 0.2) is 35.7 Å². The van der Waals surface area contributed by atoms with Crippen LogP contribution in [-0.2, 0) is 0 Å². The van der Waals surface area contributed by atoms with E-state index in [1.54, 1.807) is 0 Å². The Balaban J connectivity index is 1.79. The second-order valence-electron chi connectivity index (χ2n) is 4.71. The van der Waals surface area contributed by atoms with E-state index >= 15 is 0 Å². The van der Waals surface area contributed by atoms with Gasteiger partial charge in [-0.1, -0.05) is 30.3 Å². The molecule has 1 heterocycles. The molecule has 0 aliphatic carbocycles. The number of hydrazine groups is 1. The van der Waals surface area contributed by atoms with Crippen LogP contribution in [0.4, 0.5) is 5.13 Å². The summed E-state index contributed by atoms with van der Waals surface area (Å²) in [4.78, 5) is 6.60. The van der Waals surface area contributed by atoms with Crippen LogP contribution in [0.3, 0.4) is 0 Å². The molecule has 0 aliphatic rings. The van der Waals surface area contributed by atoms with Gasteiger partial charge in [0.2, 0.25) is 5.13 Å². The van der Waals surface area contributed by atoms with E-state index in [1.807, 2.05) is 49.8 Å². The molecule has 3 N–H and O–H groups in total. The SMILES string of the molecule is CN(C)CCNC(=S)NNc1nc(-c2ccccc2)cs1. The first-order valence-corrected chi connectivity index (χ1v) is 7.89. The molecule has 0 aliphatic heterocycles. The summed E-state index contributed by atoms with van der Waals surface area (Å²) >= 11 is 6.71. The fraction of sp³-hybridized carbons (Fsp3) is 0.286. The summed E-state index contributed by atoms with van der Waals surface area (Å²) in [5.74, 6) is 0. The number of anilines is 1. The molecule has 112 valence electrons. The van der Waals surface area contributed by atoms with Gasteiger partial charge in [-0.2, -0.15) is 0 Å². The number of thiazole rings is 1. The maximum absolute atomic E-state index is 5.18. The number of hydrogen-bond donors (Lipinski definition) is 3. The summed E-state index contributed by atoms with van der Waals surface area (Å²) in [6.45, 7) is 1.73. The van der Waals surface area contributed by atoms with E-state index in [4.69, 9.17) is 12.2 Å². The van der Waals surface area contributed by atoms with E-state index in [-0.39, 0.29) is 0 Å². The van der Waals surface area contributed by atoms with Crippen LogP contribution < -0.4 is 16.2 Å². The van der Waals surface area contributed by atoms with E-state index in [1.165, 1.54) is 11.3 Å². The number of thiocarbonyl (C=S) groups is 1. The molecule has 0 spiro atoms. The lowest BCUT2D eigenvalue weighted by atomic mass is 10.2. The third-order valence-corrected chi connectivity index (χ3v) is 3.71. The van der Waals surface area contributed by atoms with Crippen LogP contribution in [-0.4, -0.2) is 42.2 Å². The summed E-state index contributed by atoms with van der Waals surface area (Å²) in [5.41, 5.74) is 8.01. The van der Waals surface area contributed by atoms with Crippen LogP contribution in [0, 0.1) is 0 Å². The van der Waals surface area contributed by atoms with Crippen LogP contribution in [0.2, 0.25) is 0 Å². The standard InChI is InChI=1S/C14H19N5S2/c1-19(2)9-8-15-13(20)17-18-14-16-12(10-21-14)11-6-4-3-5-7-11/h3-7,10H,8-9H2,1-2H3,(H,16,18)(H2,15,17,20). The minimum absolute atomic E-state index is 0.563. The van der Waals surface area contributed by atoms with Crippen molar-refractivity contribution < 1.29 is 0 Å². The zero-order valence-corrected chi connectivity index (χ0v) is 13.7. The van der Waals surface area contributed by atoms with Gasteiger partial charge in [0.1, 0.15) is 0 Å². The maximum atomic E-state index is 5.18. The fourth-order valence-electron chi connectivity index (χ4n) is 1.62. The monoisotopic (exact) mass is 321 g/mol. The smallest absolute Gasteiger partial charge is 0.202 e. The quantitative estimate of drug-likeness (QED) is 0.560. The van der Waals surface area contributed by atoms with Gasteiger partial charge in [0.15, 0.2) is 5.11 Å². The highest BCUT2D eigenvalue weighted by Crippen LogP contribution is 2.23. The summed E-state index contributed by atoms with van der Waals surface area (Å²) in [6, 6.07) is 10.1. The topological polar surface area (TPSA) is 52.2 Å². The lowest BCUT2D eigenvalue weighted by Crippen LogP contribution is -2.41. The highest BCUT2D eigenvalue weighted by molar-refractivity contribution is 7.80. The van der Waals surface area contributed by atoms with Crippen molar-refractivity contribution in [3.8, 4) is 11.3 Å². The van der Waals surface area contributed by atoms with Crippen molar-refractivity contribution in [1.82, 2.24) is 20.6 Å². The van der Waals surface area contributed by atoms with Gasteiger partial charge in [0, 0.05) is 24.0 Å². The van der Waals surface area contributed by atoms with E-state index in [0.29, 0.717) is 5.11 Å². The lowest BCUT2D eigenvalue weighted by Gasteiger charge is -2.13. The van der Waals surface area contributed by atoms with Crippen molar-refractivity contribution in [2.24, 2.45) is 0 Å². The van der Waals surface area contributed by atoms with Crippen LogP contribution in [0.1, 0.15) is 0 Å². The highest BCUT2D eigenvalue weighted by atomic mass is 32.1. The molecule has 1 aromatic carbocycles. The first-order chi connectivity index (χ1) is 10.1. The molecule has 2 rings (SSSR count). The normalized spacial score (nSPS) is 10.4. The molecule has 0 amide bonds. The molecule has 5 nitrogen and oxygen atoms in total. The minimum Gasteiger partial charge on any atom is -0.360 e. The Kier molecular flexibility index (Phi) is 5.91. The predicted molar refractivity (Wildman–Crippen MR) is 93.5 cm³/mol. The largest absolute Gasteiger partial charge is 0.360 e. The molecule has 0 atom stereocenters. The zero-order valence-electron chi connectivity index (χ0n) is 12.1. The summed E-state index contributed by atoms with van der Waals surface area (Å²) in [5, 5.41) is 6.48. The number of likely N-dealkylation sites (N-methyl/N-ethyl adjacent to an activating group) is 1. The predicted octanol–water partition coefficient (Wildman–Crippen LogP) is 2.16. The first-order valence-electron chi connectivity index (χ1n) is 6.60. The van der Waals surface area contributed by atoms with Crippen molar-refractivity contribution >= 4 is 33.8 Å². The Morgan fingerprint density at radius 3 is 2.76 bits per heavy atom. The molecule has 0 saturated heterocycles. The third kappa shape index (κ3) is 5.30. The number of nitrogens with zero attached hydrogens (tertiary/aromatic N) is 2. The van der Waals surface area contributed by atoms with Crippen LogP contribution in [0.5, 0.6) is 0 Å². The Morgan fingerprint density at radius 1 is 1.29 bits per heavy atom. The summed E-state index contributed by atoms with van der Waals surface area (Å²) in [7, 11) is 4.05. The molecule has 2 aromatic rings. The van der Waals surface area contributed by atoms with Crippen LogP contribution in [0.25, 0.3) is 11.3 Å². The van der Waals surface area contributed by atoms with Crippen molar-refractivity contribution in [3.05, 3.63) is 35.7 Å². The lowest BCUT2D eigenvalue weighted by molar-refractivity contribution is 0.412. The van der Waals surface area contributed by atoms with Gasteiger partial charge in [-0.25, -0.2) is 4.98 Å². The van der Waals surface area contributed by atoms with Gasteiger partial charge in [-0.05, 0) is 26.3 Å². The molecule has 0 radical (unpaired) electrons. The maximum Gasteiger partial charge on any atom is 0.202 e. The van der Waals surface area contributed by atoms with E-state index in [9.17, 15) is 0 Å². The van der Waals surface area contributed by atoms with Gasteiger partial charge in [-0.15, -0.1) is 11.3 Å². The minimum atomic E-state index is 0.563. The van der Waals surface area contributed by atoms with Gasteiger partial charge >= 0.3 is 0 Å². The molecule has 0 fully saturated rings. The molecule has 0 unspecified atom stereocenters. The molecule has 0 saturated carbocycles. The van der Waals surface area contributed by atoms with E-state index in [0.717, 1.165) is 29.5 Å². The Hall–Kier alpha value is -1.70. The number of aromatic nitrogens is 1. The number of rotatable bonds is 6. The second-order valence-corrected chi connectivity index (χ2v) is 5.98. The Morgan fingerprint density at radius 2 is 2.05 bits per heavy atom. The van der Waals surface area contributed by atoms with Gasteiger partial charge in [-0.3, -0.25) is 10.9 Å². The van der Waals surface area contributed by atoms with Crippen molar-refractivity contribution in [1.29, 1.82) is 0 Å². The highest BCUT2D eigenvalue weighted by Gasteiger charge is 2.04. The van der Waals surface area contributed by atoms with Gasteiger partial charge < -0.3 is 10.2 Å². The fourth-order valence-corrected chi connectivity index (χ4v) is 2.45. The van der Waals surface area contributed by atoms with Gasteiger partial charge in [0.05, 0.1) is 5.69 Å². The summed E-state index contributed by atoms with van der Waals surface area (Å²) in [6.07, 6.45) is 0. The van der Waals surface area contributed by atoms with Crippen LogP contribution >= 0.6 is 23.6 Å². The Labute approximate surface area is 134 Å². The van der Waals surface area contributed by atoms with Crippen molar-refractivity contribution in [3.63, 3.8) is 0 Å². The summed E-state index contributed by atoms with van der Waals surface area (Å²) < 4.78 is 0. The second kappa shape index (κ2) is 7.92. The molecule has 1 aromatic heterocycles. The Bertz CT molecular complexity index is 568. The van der Waals surface area contributed by atoms with E-state index < -0.39 is 0 Å². The average Bonchev–Trinajstić information content (AvgIpc) is 2.94. The number of hydrogen-bond acceptors (Lipinski definition) is 5. The van der Waals surface area contributed by atoms with Crippen molar-refractivity contribution in [2.75, 3.05) is 32.6 Å². The van der Waals surface area contributed by atoms with E-state index in [2.05, 4.69) is 26.1 Å². The first kappa shape index (κ1) is 15.7. The zero-order chi connectivity index (χ0) is 15.1. The molecular weight excluding hydrogens is 302 g/mol. The third-order valence-electron chi connectivity index (χ3n) is 2.70. The molecule has 0 bridgehead atoms. The number of benzene rings is 1. The molecule has 21 heavy (non-hydrogen) atoms. The number of nitrogens with one attached hydrogen (secondary N) is 3. The average molecular weight is 321 g/mol. The van der Waals surface area contributed by atoms with Gasteiger partial charge in [0.25, 0.3) is 0 Å². The molecule has 7 heteroatoms. The molecular formula is C14H19N5S2.